The predicted molar refractivity (Wildman–Crippen MR) is 60.5 cm³/mol. The van der Waals surface area contributed by atoms with Crippen molar-refractivity contribution in [2.75, 3.05) is 0 Å². The molecule has 0 heterocycles. The van der Waals surface area contributed by atoms with Crippen LogP contribution in [0.2, 0.25) is 0 Å². The van der Waals surface area contributed by atoms with Crippen molar-refractivity contribution in [2.45, 2.75) is 19.8 Å². The molecule has 1 aromatic carbocycles. The average molecular weight is 202 g/mol. The summed E-state index contributed by atoms with van der Waals surface area (Å²) in [6.07, 6.45) is 3.08. The van der Waals surface area contributed by atoms with E-state index in [0.717, 1.165) is 12.0 Å². The van der Waals surface area contributed by atoms with Gasteiger partial charge in [-0.2, -0.15) is 0 Å². The molecule has 15 heavy (non-hydrogen) atoms. The molecule has 0 saturated carbocycles. The molecule has 0 bridgehead atoms. The highest BCUT2D eigenvalue weighted by molar-refractivity contribution is 5.87. The maximum Gasteiger partial charge on any atom is 0.339 e. The lowest BCUT2D eigenvalue weighted by Gasteiger charge is -1.94. The highest BCUT2D eigenvalue weighted by Gasteiger charge is 2.03. The smallest absolute Gasteiger partial charge is 0.339 e. The molecule has 1 N–H and O–H groups in total. The maximum absolute atomic E-state index is 10.8. The molecule has 2 nitrogen and oxygen atoms in total. The standard InChI is InChI=1S/C13H14O2/c1-2-6-12(13(14)15)10-9-11-7-4-3-5-8-11/h3-5,7-9H,2,6H2,1H3,(H,14,15). The fourth-order valence-corrected chi connectivity index (χ4v) is 1.21. The third kappa shape index (κ3) is 3.84. The van der Waals surface area contributed by atoms with E-state index in [0.29, 0.717) is 12.0 Å². The monoisotopic (exact) mass is 202 g/mol. The van der Waals surface area contributed by atoms with Crippen molar-refractivity contribution in [3.63, 3.8) is 0 Å². The van der Waals surface area contributed by atoms with Crippen LogP contribution in [0.4, 0.5) is 0 Å². The molecule has 0 aliphatic carbocycles. The molecule has 0 spiro atoms. The van der Waals surface area contributed by atoms with Gasteiger partial charge in [-0.25, -0.2) is 4.79 Å². The molecule has 1 rings (SSSR count). The van der Waals surface area contributed by atoms with E-state index in [-0.39, 0.29) is 0 Å². The van der Waals surface area contributed by atoms with Crippen LogP contribution in [-0.4, -0.2) is 11.1 Å². The van der Waals surface area contributed by atoms with Gasteiger partial charge in [0.15, 0.2) is 0 Å². The first kappa shape index (κ1) is 11.3. The van der Waals surface area contributed by atoms with Crippen LogP contribution >= 0.6 is 0 Å². The minimum absolute atomic E-state index is 0.335. The van der Waals surface area contributed by atoms with Crippen molar-refractivity contribution in [1.82, 2.24) is 0 Å². The number of rotatable bonds is 4. The summed E-state index contributed by atoms with van der Waals surface area (Å²) in [6, 6.07) is 9.57. The Balaban J connectivity index is 2.92. The lowest BCUT2D eigenvalue weighted by molar-refractivity contribution is -0.132. The van der Waals surface area contributed by atoms with E-state index in [4.69, 9.17) is 5.11 Å². The predicted octanol–water partition coefficient (Wildman–Crippen LogP) is 3.11. The van der Waals surface area contributed by atoms with Gasteiger partial charge in [0.25, 0.3) is 0 Å². The molecule has 0 aliphatic heterocycles. The highest BCUT2D eigenvalue weighted by Crippen LogP contribution is 2.05. The van der Waals surface area contributed by atoms with Crippen molar-refractivity contribution < 1.29 is 9.90 Å². The van der Waals surface area contributed by atoms with Gasteiger partial charge in [0.05, 0.1) is 5.57 Å². The fourth-order valence-electron chi connectivity index (χ4n) is 1.21. The number of hydrogen-bond acceptors (Lipinski definition) is 1. The van der Waals surface area contributed by atoms with Gasteiger partial charge < -0.3 is 5.11 Å². The van der Waals surface area contributed by atoms with Gasteiger partial charge in [0, 0.05) is 0 Å². The summed E-state index contributed by atoms with van der Waals surface area (Å²) >= 11 is 0. The molecule has 0 saturated heterocycles. The third-order valence-electron chi connectivity index (χ3n) is 1.97. The van der Waals surface area contributed by atoms with Crippen LogP contribution in [0.3, 0.4) is 0 Å². The van der Waals surface area contributed by atoms with E-state index >= 15 is 0 Å². The second kappa shape index (κ2) is 5.84. The Kier molecular flexibility index (Phi) is 4.39. The summed E-state index contributed by atoms with van der Waals surface area (Å²) in [7, 11) is 0. The van der Waals surface area contributed by atoms with Gasteiger partial charge in [0.2, 0.25) is 0 Å². The zero-order valence-corrected chi connectivity index (χ0v) is 8.73. The van der Waals surface area contributed by atoms with E-state index in [9.17, 15) is 4.79 Å². The summed E-state index contributed by atoms with van der Waals surface area (Å²) in [5, 5.41) is 8.86. The Morgan fingerprint density at radius 3 is 2.60 bits per heavy atom. The van der Waals surface area contributed by atoms with Crippen LogP contribution in [0, 0.1) is 0 Å². The Morgan fingerprint density at radius 1 is 1.40 bits per heavy atom. The summed E-state index contributed by atoms with van der Waals surface area (Å²) < 4.78 is 0. The minimum Gasteiger partial charge on any atom is -0.477 e. The molecular formula is C13H14O2. The van der Waals surface area contributed by atoms with Crippen molar-refractivity contribution in [1.29, 1.82) is 0 Å². The van der Waals surface area contributed by atoms with Gasteiger partial charge in [-0.1, -0.05) is 43.7 Å². The first-order valence-corrected chi connectivity index (χ1v) is 4.98. The zero-order valence-electron chi connectivity index (χ0n) is 8.73. The zero-order chi connectivity index (χ0) is 11.1. The van der Waals surface area contributed by atoms with Gasteiger partial charge in [-0.3, -0.25) is 0 Å². The Bertz CT molecular complexity index is 384. The van der Waals surface area contributed by atoms with Crippen LogP contribution in [-0.2, 0) is 4.79 Å². The lowest BCUT2D eigenvalue weighted by atomic mass is 10.1. The molecule has 0 fully saturated rings. The second-order valence-electron chi connectivity index (χ2n) is 3.23. The normalized spacial score (nSPS) is 9.13. The van der Waals surface area contributed by atoms with Crippen molar-refractivity contribution in [3.8, 4) is 0 Å². The Morgan fingerprint density at radius 2 is 2.07 bits per heavy atom. The van der Waals surface area contributed by atoms with Gasteiger partial charge in [-0.05, 0) is 18.1 Å². The van der Waals surface area contributed by atoms with Gasteiger partial charge >= 0.3 is 5.97 Å². The first-order valence-electron chi connectivity index (χ1n) is 4.98. The SMILES string of the molecule is CCCC(=C=Cc1ccccc1)C(=O)O. The summed E-state index contributed by atoms with van der Waals surface area (Å²) in [5.74, 6) is -0.885. The molecule has 0 aliphatic rings. The average Bonchev–Trinajstić information content (AvgIpc) is 2.25. The first-order chi connectivity index (χ1) is 7.24. The number of benzene rings is 1. The minimum atomic E-state index is -0.885. The van der Waals surface area contributed by atoms with Crippen LogP contribution < -0.4 is 0 Å². The quantitative estimate of drug-likeness (QED) is 0.601. The Labute approximate surface area is 89.6 Å². The number of carboxylic acid groups (broad SMARTS) is 1. The highest BCUT2D eigenvalue weighted by atomic mass is 16.4. The van der Waals surface area contributed by atoms with Crippen LogP contribution in [0.25, 0.3) is 6.08 Å². The number of carbonyl (C=O) groups is 1. The summed E-state index contributed by atoms with van der Waals surface area (Å²) in [5.41, 5.74) is 4.13. The number of hydrogen-bond donors (Lipinski definition) is 1. The van der Waals surface area contributed by atoms with E-state index < -0.39 is 5.97 Å². The second-order valence-corrected chi connectivity index (χ2v) is 3.23. The van der Waals surface area contributed by atoms with E-state index in [1.807, 2.05) is 37.3 Å². The van der Waals surface area contributed by atoms with Crippen LogP contribution in [0.15, 0.2) is 41.6 Å². The largest absolute Gasteiger partial charge is 0.477 e. The van der Waals surface area contributed by atoms with E-state index in [2.05, 4.69) is 5.73 Å². The molecule has 1 aromatic rings. The summed E-state index contributed by atoms with van der Waals surface area (Å²) in [6.45, 7) is 1.95. The van der Waals surface area contributed by atoms with Crippen LogP contribution in [0.1, 0.15) is 25.3 Å². The molecule has 0 atom stereocenters. The van der Waals surface area contributed by atoms with Crippen molar-refractivity contribution >= 4 is 12.0 Å². The molecule has 0 radical (unpaired) electrons. The molecule has 0 unspecified atom stereocenters. The third-order valence-corrected chi connectivity index (χ3v) is 1.97. The summed E-state index contributed by atoms with van der Waals surface area (Å²) in [4.78, 5) is 10.8. The molecule has 2 heteroatoms. The number of aliphatic carboxylic acids is 1. The van der Waals surface area contributed by atoms with Crippen molar-refractivity contribution in [2.24, 2.45) is 0 Å². The lowest BCUT2D eigenvalue weighted by Crippen LogP contribution is -1.98. The molecule has 78 valence electrons. The molecule has 0 aromatic heterocycles. The maximum atomic E-state index is 10.8. The molecular weight excluding hydrogens is 188 g/mol. The molecule has 0 amide bonds. The van der Waals surface area contributed by atoms with Gasteiger partial charge in [-0.15, -0.1) is 5.73 Å². The van der Waals surface area contributed by atoms with E-state index in [1.54, 1.807) is 6.08 Å². The van der Waals surface area contributed by atoms with E-state index in [1.165, 1.54) is 0 Å². The van der Waals surface area contributed by atoms with Crippen molar-refractivity contribution in [3.05, 3.63) is 47.2 Å². The fraction of sp³-hybridized carbons (Fsp3) is 0.231. The number of carboxylic acids is 1. The Hall–Kier alpha value is -1.79. The van der Waals surface area contributed by atoms with Crippen LogP contribution in [0.5, 0.6) is 0 Å². The topological polar surface area (TPSA) is 37.3 Å². The van der Waals surface area contributed by atoms with Gasteiger partial charge in [0.1, 0.15) is 0 Å².